The van der Waals surface area contributed by atoms with Crippen LogP contribution in [0.3, 0.4) is 0 Å². The van der Waals surface area contributed by atoms with E-state index in [9.17, 15) is 4.79 Å². The third-order valence-electron chi connectivity index (χ3n) is 3.97. The molecular weight excluding hydrogens is 352 g/mol. The SMILES string of the molecule is COCCn1cnnc1C(C)NC(=O)N(C)Cc1nc2ccccc2s1. The molecule has 8 nitrogen and oxygen atoms in total. The minimum atomic E-state index is -0.264. The number of benzene rings is 1. The fourth-order valence-electron chi connectivity index (χ4n) is 2.58. The van der Waals surface area contributed by atoms with Crippen molar-refractivity contribution in [2.45, 2.75) is 26.1 Å². The molecule has 3 aromatic rings. The second kappa shape index (κ2) is 8.24. The zero-order valence-corrected chi connectivity index (χ0v) is 15.9. The van der Waals surface area contributed by atoms with Crippen LogP contribution in [0.4, 0.5) is 4.79 Å². The molecule has 0 aliphatic carbocycles. The molecule has 1 unspecified atom stereocenters. The smallest absolute Gasteiger partial charge is 0.318 e. The van der Waals surface area contributed by atoms with Gasteiger partial charge in [0, 0.05) is 20.7 Å². The van der Waals surface area contributed by atoms with Crippen LogP contribution < -0.4 is 5.32 Å². The minimum absolute atomic E-state index is 0.182. The molecule has 0 saturated carbocycles. The summed E-state index contributed by atoms with van der Waals surface area (Å²) >= 11 is 1.60. The first-order chi connectivity index (χ1) is 12.6. The number of hydrogen-bond acceptors (Lipinski definition) is 6. The number of amides is 2. The first-order valence-electron chi connectivity index (χ1n) is 8.31. The summed E-state index contributed by atoms with van der Waals surface area (Å²) in [5.74, 6) is 0.698. The minimum Gasteiger partial charge on any atom is -0.383 e. The van der Waals surface area contributed by atoms with Gasteiger partial charge in [0.05, 0.1) is 29.4 Å². The standard InChI is InChI=1S/C17H22N6O2S/c1-12(16-21-18-11-23(16)8-9-25-3)19-17(24)22(2)10-15-20-13-6-4-5-7-14(13)26-15/h4-7,11-12H,8-10H2,1-3H3,(H,19,24). The molecule has 0 aliphatic rings. The van der Waals surface area contributed by atoms with Gasteiger partial charge in [0.2, 0.25) is 0 Å². The van der Waals surface area contributed by atoms with Gasteiger partial charge in [-0.3, -0.25) is 0 Å². The molecule has 0 spiro atoms. The van der Waals surface area contributed by atoms with Crippen molar-refractivity contribution in [2.75, 3.05) is 20.8 Å². The van der Waals surface area contributed by atoms with Crippen LogP contribution in [0.15, 0.2) is 30.6 Å². The van der Waals surface area contributed by atoms with E-state index in [2.05, 4.69) is 20.5 Å². The van der Waals surface area contributed by atoms with E-state index < -0.39 is 0 Å². The quantitative estimate of drug-likeness (QED) is 0.686. The second-order valence-corrected chi connectivity index (χ2v) is 7.09. The van der Waals surface area contributed by atoms with E-state index in [1.165, 1.54) is 0 Å². The maximum atomic E-state index is 12.5. The van der Waals surface area contributed by atoms with E-state index in [0.29, 0.717) is 25.5 Å². The molecule has 0 bridgehead atoms. The van der Waals surface area contributed by atoms with Gasteiger partial charge in [0.25, 0.3) is 0 Å². The molecule has 0 saturated heterocycles. The number of urea groups is 1. The molecule has 2 aromatic heterocycles. The number of thiazole rings is 1. The number of nitrogens with one attached hydrogen (secondary N) is 1. The topological polar surface area (TPSA) is 85.2 Å². The molecule has 0 fully saturated rings. The Bertz CT molecular complexity index is 844. The Morgan fingerprint density at radius 2 is 2.23 bits per heavy atom. The summed E-state index contributed by atoms with van der Waals surface area (Å²) in [5.41, 5.74) is 0.959. The highest BCUT2D eigenvalue weighted by Gasteiger charge is 2.19. The van der Waals surface area contributed by atoms with Crippen LogP contribution in [0, 0.1) is 0 Å². The van der Waals surface area contributed by atoms with Crippen LogP contribution in [0.5, 0.6) is 0 Å². The maximum absolute atomic E-state index is 12.5. The van der Waals surface area contributed by atoms with Crippen molar-refractivity contribution < 1.29 is 9.53 Å². The predicted octanol–water partition coefficient (Wildman–Crippen LogP) is 2.44. The predicted molar refractivity (Wildman–Crippen MR) is 99.9 cm³/mol. The van der Waals surface area contributed by atoms with Crippen molar-refractivity contribution in [3.05, 3.63) is 41.4 Å². The van der Waals surface area contributed by atoms with Gasteiger partial charge in [-0.2, -0.15) is 0 Å². The second-order valence-electron chi connectivity index (χ2n) is 5.98. The van der Waals surface area contributed by atoms with Crippen molar-refractivity contribution >= 4 is 27.6 Å². The Balaban J connectivity index is 1.60. The van der Waals surface area contributed by atoms with E-state index in [-0.39, 0.29) is 12.1 Å². The molecule has 26 heavy (non-hydrogen) atoms. The molecule has 3 rings (SSSR count). The van der Waals surface area contributed by atoms with E-state index in [0.717, 1.165) is 15.2 Å². The number of methoxy groups -OCH3 is 1. The van der Waals surface area contributed by atoms with Gasteiger partial charge in [0.1, 0.15) is 11.3 Å². The Hall–Kier alpha value is -2.52. The fourth-order valence-corrected chi connectivity index (χ4v) is 3.60. The summed E-state index contributed by atoms with van der Waals surface area (Å²) in [7, 11) is 3.40. The molecule has 1 N–H and O–H groups in total. The third-order valence-corrected chi connectivity index (χ3v) is 4.99. The van der Waals surface area contributed by atoms with E-state index in [1.807, 2.05) is 35.8 Å². The average molecular weight is 374 g/mol. The van der Waals surface area contributed by atoms with Gasteiger partial charge in [-0.05, 0) is 19.1 Å². The molecule has 0 aliphatic heterocycles. The van der Waals surface area contributed by atoms with Crippen LogP contribution in [0.2, 0.25) is 0 Å². The number of aromatic nitrogens is 4. The Morgan fingerprint density at radius 3 is 3.00 bits per heavy atom. The van der Waals surface area contributed by atoms with Crippen molar-refractivity contribution in [1.29, 1.82) is 0 Å². The lowest BCUT2D eigenvalue weighted by molar-refractivity contribution is 0.184. The molecule has 0 radical (unpaired) electrons. The van der Waals surface area contributed by atoms with E-state index >= 15 is 0 Å². The van der Waals surface area contributed by atoms with Crippen LogP contribution in [0.1, 0.15) is 23.8 Å². The van der Waals surface area contributed by atoms with Gasteiger partial charge in [-0.15, -0.1) is 21.5 Å². The van der Waals surface area contributed by atoms with Crippen LogP contribution in [0.25, 0.3) is 10.2 Å². The molecule has 1 atom stereocenters. The number of nitrogens with zero attached hydrogens (tertiary/aromatic N) is 5. The van der Waals surface area contributed by atoms with E-state index in [1.54, 1.807) is 36.7 Å². The van der Waals surface area contributed by atoms with Gasteiger partial charge in [-0.25, -0.2) is 9.78 Å². The van der Waals surface area contributed by atoms with Crippen LogP contribution in [-0.2, 0) is 17.8 Å². The zero-order valence-electron chi connectivity index (χ0n) is 15.0. The molecule has 138 valence electrons. The van der Waals surface area contributed by atoms with Gasteiger partial charge in [-0.1, -0.05) is 12.1 Å². The number of carbonyl (C=O) groups is 1. The summed E-state index contributed by atoms with van der Waals surface area (Å²) in [6.45, 7) is 3.54. The highest BCUT2D eigenvalue weighted by Crippen LogP contribution is 2.22. The lowest BCUT2D eigenvalue weighted by Gasteiger charge is -2.20. The first kappa shape index (κ1) is 18.3. The van der Waals surface area contributed by atoms with Crippen molar-refractivity contribution in [1.82, 2.24) is 30.0 Å². The first-order valence-corrected chi connectivity index (χ1v) is 9.13. The van der Waals surface area contributed by atoms with Crippen molar-refractivity contribution in [3.63, 3.8) is 0 Å². The summed E-state index contributed by atoms with van der Waals surface area (Å²) in [5, 5.41) is 11.9. The lowest BCUT2D eigenvalue weighted by Crippen LogP contribution is -2.39. The lowest BCUT2D eigenvalue weighted by atomic mass is 10.3. The maximum Gasteiger partial charge on any atom is 0.318 e. The largest absolute Gasteiger partial charge is 0.383 e. The molecule has 2 amide bonds. The zero-order chi connectivity index (χ0) is 18.5. The number of carbonyl (C=O) groups excluding carboxylic acids is 1. The summed E-state index contributed by atoms with van der Waals surface area (Å²) in [6.07, 6.45) is 1.64. The Kier molecular flexibility index (Phi) is 5.79. The van der Waals surface area contributed by atoms with Gasteiger partial charge >= 0.3 is 6.03 Å². The summed E-state index contributed by atoms with van der Waals surface area (Å²) < 4.78 is 8.08. The summed E-state index contributed by atoms with van der Waals surface area (Å²) in [4.78, 5) is 18.7. The molecule has 1 aromatic carbocycles. The number of rotatable bonds is 7. The van der Waals surface area contributed by atoms with Crippen molar-refractivity contribution in [3.8, 4) is 0 Å². The van der Waals surface area contributed by atoms with Crippen molar-refractivity contribution in [2.24, 2.45) is 0 Å². The number of para-hydroxylation sites is 1. The van der Waals surface area contributed by atoms with E-state index in [4.69, 9.17) is 4.74 Å². The monoisotopic (exact) mass is 374 g/mol. The third kappa shape index (κ3) is 4.17. The molecule has 9 heteroatoms. The molecule has 2 heterocycles. The number of ether oxygens (including phenoxy) is 1. The Labute approximate surface area is 155 Å². The van der Waals surface area contributed by atoms with Crippen LogP contribution >= 0.6 is 11.3 Å². The highest BCUT2D eigenvalue weighted by atomic mass is 32.1. The normalized spacial score (nSPS) is 12.3. The fraction of sp³-hybridized carbons (Fsp3) is 0.412. The highest BCUT2D eigenvalue weighted by molar-refractivity contribution is 7.18. The average Bonchev–Trinajstić information content (AvgIpc) is 3.25. The summed E-state index contributed by atoms with van der Waals surface area (Å²) in [6, 6.07) is 7.51. The molecular formula is C17H22N6O2S. The van der Waals surface area contributed by atoms with Crippen LogP contribution in [-0.4, -0.2) is 51.4 Å². The Morgan fingerprint density at radius 1 is 1.42 bits per heavy atom. The van der Waals surface area contributed by atoms with Gasteiger partial charge < -0.3 is 19.5 Å². The number of hydrogen-bond donors (Lipinski definition) is 1. The number of fused-ring (bicyclic) bond motifs is 1. The van der Waals surface area contributed by atoms with Gasteiger partial charge in [0.15, 0.2) is 5.82 Å².